The van der Waals surface area contributed by atoms with E-state index in [0.717, 1.165) is 43.2 Å². The van der Waals surface area contributed by atoms with Crippen molar-refractivity contribution in [2.45, 2.75) is 36.3 Å². The number of furan rings is 1. The van der Waals surface area contributed by atoms with Crippen LogP contribution in [0.2, 0.25) is 5.02 Å². The molecule has 3 aromatic heterocycles. The molecule has 1 aliphatic rings. The highest BCUT2D eigenvalue weighted by Crippen LogP contribution is 2.31. The van der Waals surface area contributed by atoms with Gasteiger partial charge in [-0.05, 0) is 48.7 Å². The van der Waals surface area contributed by atoms with Gasteiger partial charge in [0, 0.05) is 36.1 Å². The normalized spacial score (nSPS) is 14.4. The van der Waals surface area contributed by atoms with E-state index in [4.69, 9.17) is 16.0 Å². The number of thiazole rings is 1. The second-order valence-electron chi connectivity index (χ2n) is 9.52. The highest BCUT2D eigenvalue weighted by Gasteiger charge is 2.23. The zero-order valence-electron chi connectivity index (χ0n) is 21.6. The molecule has 0 radical (unpaired) electrons. The number of carbonyl (C=O) groups excluding carboxylic acids is 1. The summed E-state index contributed by atoms with van der Waals surface area (Å²) in [4.78, 5) is 20.0. The van der Waals surface area contributed by atoms with E-state index in [1.807, 2.05) is 52.4 Å². The van der Waals surface area contributed by atoms with E-state index >= 15 is 0 Å². The molecule has 0 aliphatic carbocycles. The second-order valence-corrected chi connectivity index (χ2v) is 11.8. The molecule has 0 atom stereocenters. The van der Waals surface area contributed by atoms with Crippen molar-refractivity contribution in [1.82, 2.24) is 30.0 Å². The lowest BCUT2D eigenvalue weighted by Crippen LogP contribution is -2.44. The summed E-state index contributed by atoms with van der Waals surface area (Å²) in [6.45, 7) is 2.88. The smallest absolute Gasteiger partial charge is 0.270 e. The maximum Gasteiger partial charge on any atom is 0.270 e. The number of amides is 1. The third-order valence-corrected chi connectivity index (χ3v) is 8.93. The Morgan fingerprint density at radius 2 is 1.93 bits per heavy atom. The van der Waals surface area contributed by atoms with Gasteiger partial charge in [0.05, 0.1) is 17.7 Å². The van der Waals surface area contributed by atoms with Crippen LogP contribution in [0.4, 0.5) is 0 Å². The standard InChI is InChI=1S/C29H27ClN6O2S2/c30-21-8-4-9-23(16-21)36-27(25-10-5-15-38-25)33-34-29(36)40-19-26-32-24(18-39-26)28(37)31-22-11-13-35(14-12-22)17-20-6-2-1-3-7-20/h1-10,15-16,18,22H,11-14,17,19H2,(H,31,37). The SMILES string of the molecule is O=C(NC1CCN(Cc2ccccc2)CC1)c1csc(CSc2nnc(-c3ccco3)n2-c2cccc(Cl)c2)n1. The molecule has 1 aliphatic heterocycles. The minimum Gasteiger partial charge on any atom is -0.461 e. The number of piperidine rings is 1. The lowest BCUT2D eigenvalue weighted by molar-refractivity contribution is 0.0904. The van der Waals surface area contributed by atoms with Gasteiger partial charge in [0.1, 0.15) is 10.7 Å². The van der Waals surface area contributed by atoms with E-state index in [9.17, 15) is 4.79 Å². The molecule has 204 valence electrons. The Hall–Kier alpha value is -3.44. The van der Waals surface area contributed by atoms with Crippen LogP contribution in [0.25, 0.3) is 17.3 Å². The molecule has 11 heteroatoms. The van der Waals surface area contributed by atoms with Crippen molar-refractivity contribution in [2.24, 2.45) is 0 Å². The fourth-order valence-electron chi connectivity index (χ4n) is 4.72. The van der Waals surface area contributed by atoms with Crippen LogP contribution in [0.1, 0.15) is 33.9 Å². The predicted molar refractivity (Wildman–Crippen MR) is 158 cm³/mol. The number of aromatic nitrogens is 4. The number of nitrogens with one attached hydrogen (secondary N) is 1. The number of benzene rings is 2. The minimum absolute atomic E-state index is 0.115. The summed E-state index contributed by atoms with van der Waals surface area (Å²) in [5.74, 6) is 1.63. The van der Waals surface area contributed by atoms with Gasteiger partial charge in [0.2, 0.25) is 5.82 Å². The van der Waals surface area contributed by atoms with Crippen molar-refractivity contribution in [3.8, 4) is 17.3 Å². The summed E-state index contributed by atoms with van der Waals surface area (Å²) in [5.41, 5.74) is 2.61. The molecule has 0 bridgehead atoms. The molecule has 0 saturated carbocycles. The molecular weight excluding hydrogens is 564 g/mol. The van der Waals surface area contributed by atoms with Gasteiger partial charge in [-0.1, -0.05) is 59.8 Å². The summed E-state index contributed by atoms with van der Waals surface area (Å²) in [5, 5.41) is 15.9. The third kappa shape index (κ3) is 6.31. The Bertz CT molecular complexity index is 1560. The number of nitrogens with zero attached hydrogens (tertiary/aromatic N) is 5. The monoisotopic (exact) mass is 590 g/mol. The van der Waals surface area contributed by atoms with E-state index in [0.29, 0.717) is 33.2 Å². The maximum absolute atomic E-state index is 12.9. The number of rotatable bonds is 9. The Labute approximate surface area is 245 Å². The van der Waals surface area contributed by atoms with Gasteiger partial charge in [0.15, 0.2) is 10.9 Å². The van der Waals surface area contributed by atoms with Gasteiger partial charge in [0.25, 0.3) is 5.91 Å². The number of halogens is 1. The van der Waals surface area contributed by atoms with Gasteiger partial charge in [-0.3, -0.25) is 14.3 Å². The lowest BCUT2D eigenvalue weighted by atomic mass is 10.0. The number of carbonyl (C=O) groups is 1. The van der Waals surface area contributed by atoms with E-state index in [1.54, 1.807) is 6.26 Å². The van der Waals surface area contributed by atoms with Gasteiger partial charge >= 0.3 is 0 Å². The summed E-state index contributed by atoms with van der Waals surface area (Å²) >= 11 is 9.24. The van der Waals surface area contributed by atoms with Crippen molar-refractivity contribution < 1.29 is 9.21 Å². The molecule has 40 heavy (non-hydrogen) atoms. The van der Waals surface area contributed by atoms with Gasteiger partial charge in [-0.2, -0.15) is 0 Å². The van der Waals surface area contributed by atoms with Gasteiger partial charge in [-0.25, -0.2) is 4.98 Å². The Balaban J connectivity index is 1.07. The van der Waals surface area contributed by atoms with Gasteiger partial charge < -0.3 is 9.73 Å². The molecular formula is C29H27ClN6O2S2. The Morgan fingerprint density at radius 3 is 2.70 bits per heavy atom. The molecule has 1 N–H and O–H groups in total. The minimum atomic E-state index is -0.115. The fraction of sp³-hybridized carbons (Fsp3) is 0.241. The third-order valence-electron chi connectivity index (χ3n) is 6.72. The highest BCUT2D eigenvalue weighted by molar-refractivity contribution is 7.98. The first-order valence-corrected chi connectivity index (χ1v) is 15.3. The van der Waals surface area contributed by atoms with Crippen LogP contribution >= 0.6 is 34.7 Å². The summed E-state index contributed by atoms with van der Waals surface area (Å²) in [6, 6.07) is 21.8. The van der Waals surface area contributed by atoms with E-state index < -0.39 is 0 Å². The molecule has 0 spiro atoms. The highest BCUT2D eigenvalue weighted by atomic mass is 35.5. The number of likely N-dealkylation sites (tertiary alicyclic amines) is 1. The van der Waals surface area contributed by atoms with Crippen LogP contribution in [-0.2, 0) is 12.3 Å². The van der Waals surface area contributed by atoms with E-state index in [1.165, 1.54) is 28.7 Å². The average molecular weight is 591 g/mol. The number of hydrogen-bond donors (Lipinski definition) is 1. The fourth-order valence-corrected chi connectivity index (χ4v) is 6.65. The number of hydrogen-bond acceptors (Lipinski definition) is 8. The van der Waals surface area contributed by atoms with Crippen molar-refractivity contribution in [1.29, 1.82) is 0 Å². The lowest BCUT2D eigenvalue weighted by Gasteiger charge is -2.32. The first kappa shape index (κ1) is 26.8. The average Bonchev–Trinajstić information content (AvgIpc) is 3.75. The van der Waals surface area contributed by atoms with Crippen LogP contribution in [0.5, 0.6) is 0 Å². The molecule has 6 rings (SSSR count). The van der Waals surface area contributed by atoms with Crippen LogP contribution < -0.4 is 5.32 Å². The first-order valence-electron chi connectivity index (χ1n) is 13.0. The Morgan fingerprint density at radius 1 is 1.07 bits per heavy atom. The van der Waals surface area contributed by atoms with E-state index in [2.05, 4.69) is 49.7 Å². The van der Waals surface area contributed by atoms with Crippen molar-refractivity contribution in [2.75, 3.05) is 13.1 Å². The molecule has 1 fully saturated rings. The summed E-state index contributed by atoms with van der Waals surface area (Å²) in [7, 11) is 0. The maximum atomic E-state index is 12.9. The zero-order chi connectivity index (χ0) is 27.3. The molecule has 8 nitrogen and oxygen atoms in total. The molecule has 0 unspecified atom stereocenters. The first-order chi connectivity index (χ1) is 19.6. The van der Waals surface area contributed by atoms with Gasteiger partial charge in [-0.15, -0.1) is 21.5 Å². The molecule has 5 aromatic rings. The predicted octanol–water partition coefficient (Wildman–Crippen LogP) is 6.32. The molecule has 4 heterocycles. The largest absolute Gasteiger partial charge is 0.461 e. The van der Waals surface area contributed by atoms with Crippen LogP contribution in [0.15, 0.2) is 87.9 Å². The van der Waals surface area contributed by atoms with E-state index in [-0.39, 0.29) is 11.9 Å². The van der Waals surface area contributed by atoms with Crippen molar-refractivity contribution >= 4 is 40.6 Å². The Kier molecular flexibility index (Phi) is 8.29. The summed E-state index contributed by atoms with van der Waals surface area (Å²) < 4.78 is 7.51. The van der Waals surface area contributed by atoms with Crippen molar-refractivity contribution in [3.63, 3.8) is 0 Å². The topological polar surface area (TPSA) is 89.1 Å². The zero-order valence-corrected chi connectivity index (χ0v) is 24.0. The quantitative estimate of drug-likeness (QED) is 0.201. The van der Waals surface area contributed by atoms with Crippen molar-refractivity contribution in [3.05, 3.63) is 99.7 Å². The van der Waals surface area contributed by atoms with Crippen LogP contribution in [-0.4, -0.2) is 49.7 Å². The summed E-state index contributed by atoms with van der Waals surface area (Å²) in [6.07, 6.45) is 3.47. The van der Waals surface area contributed by atoms with Crippen LogP contribution in [0, 0.1) is 0 Å². The van der Waals surface area contributed by atoms with Crippen LogP contribution in [0.3, 0.4) is 0 Å². The second kappa shape index (κ2) is 12.4. The molecule has 1 saturated heterocycles. The number of thioether (sulfide) groups is 1. The molecule has 1 amide bonds. The molecule has 2 aromatic carbocycles.